The summed E-state index contributed by atoms with van der Waals surface area (Å²) in [7, 11) is 0. The van der Waals surface area contributed by atoms with Gasteiger partial charge in [-0.1, -0.05) is 6.07 Å². The average molecular weight is 254 g/mol. The van der Waals surface area contributed by atoms with Gasteiger partial charge in [0.05, 0.1) is 11.3 Å². The molecule has 19 heavy (non-hydrogen) atoms. The lowest BCUT2D eigenvalue weighted by Gasteiger charge is -2.04. The molecule has 3 rings (SSSR count). The molecular formula is C13H10N4O2. The highest BCUT2D eigenvalue weighted by atomic mass is 16.4. The standard InChI is InChI=1S/C13H10N4O2/c1-8-15-6-9(10-4-2-3-5-14-10)12-16-11(13(18)19)7-17(8)12/h2-7H,1H3,(H,18,19). The predicted molar refractivity (Wildman–Crippen MR) is 67.9 cm³/mol. The maximum absolute atomic E-state index is 11.0. The van der Waals surface area contributed by atoms with E-state index in [2.05, 4.69) is 15.0 Å². The average Bonchev–Trinajstić information content (AvgIpc) is 2.86. The van der Waals surface area contributed by atoms with Crippen molar-refractivity contribution in [2.75, 3.05) is 0 Å². The highest BCUT2D eigenvalue weighted by molar-refractivity contribution is 5.87. The summed E-state index contributed by atoms with van der Waals surface area (Å²) in [5.41, 5.74) is 1.96. The number of aromatic carboxylic acids is 1. The molecule has 0 atom stereocenters. The Bertz CT molecular complexity index is 765. The van der Waals surface area contributed by atoms with Crippen LogP contribution < -0.4 is 0 Å². The SMILES string of the molecule is Cc1ncc(-c2ccccn2)c2nc(C(=O)O)cn12. The molecule has 0 aliphatic carbocycles. The summed E-state index contributed by atoms with van der Waals surface area (Å²) in [5, 5.41) is 9.03. The molecule has 0 unspecified atom stereocenters. The molecule has 6 nitrogen and oxygen atoms in total. The van der Waals surface area contributed by atoms with E-state index in [1.54, 1.807) is 23.7 Å². The fraction of sp³-hybridized carbons (Fsp3) is 0.0769. The molecule has 0 amide bonds. The van der Waals surface area contributed by atoms with Crippen LogP contribution >= 0.6 is 0 Å². The maximum atomic E-state index is 11.0. The third-order valence-corrected chi connectivity index (χ3v) is 2.84. The van der Waals surface area contributed by atoms with Crippen molar-refractivity contribution in [3.63, 3.8) is 0 Å². The number of rotatable bonds is 2. The third-order valence-electron chi connectivity index (χ3n) is 2.84. The predicted octanol–water partition coefficient (Wildman–Crippen LogP) is 1.80. The van der Waals surface area contributed by atoms with Crippen molar-refractivity contribution in [1.29, 1.82) is 0 Å². The molecule has 0 radical (unpaired) electrons. The first-order chi connectivity index (χ1) is 9.16. The second kappa shape index (κ2) is 4.16. The third kappa shape index (κ3) is 1.83. The van der Waals surface area contributed by atoms with Gasteiger partial charge in [0.25, 0.3) is 0 Å². The number of aryl methyl sites for hydroxylation is 1. The van der Waals surface area contributed by atoms with E-state index in [9.17, 15) is 4.79 Å². The van der Waals surface area contributed by atoms with Crippen molar-refractivity contribution in [3.8, 4) is 11.3 Å². The van der Waals surface area contributed by atoms with E-state index in [4.69, 9.17) is 5.11 Å². The van der Waals surface area contributed by atoms with Crippen LogP contribution in [0.1, 0.15) is 16.3 Å². The zero-order valence-corrected chi connectivity index (χ0v) is 10.1. The van der Waals surface area contributed by atoms with Gasteiger partial charge in [0, 0.05) is 18.6 Å². The lowest BCUT2D eigenvalue weighted by Crippen LogP contribution is -1.96. The van der Waals surface area contributed by atoms with Crippen LogP contribution in [0.5, 0.6) is 0 Å². The number of pyridine rings is 1. The molecule has 0 spiro atoms. The lowest BCUT2D eigenvalue weighted by atomic mass is 10.2. The Labute approximate surface area is 108 Å². The van der Waals surface area contributed by atoms with Gasteiger partial charge in [-0.05, 0) is 19.1 Å². The fourth-order valence-electron chi connectivity index (χ4n) is 1.90. The van der Waals surface area contributed by atoms with Gasteiger partial charge < -0.3 is 5.11 Å². The minimum absolute atomic E-state index is 0.00622. The van der Waals surface area contributed by atoms with Gasteiger partial charge in [0.1, 0.15) is 11.5 Å². The van der Waals surface area contributed by atoms with Crippen LogP contribution in [0.15, 0.2) is 36.8 Å². The minimum atomic E-state index is -1.06. The van der Waals surface area contributed by atoms with E-state index >= 15 is 0 Å². The van der Waals surface area contributed by atoms with Crippen molar-refractivity contribution in [3.05, 3.63) is 48.3 Å². The van der Waals surface area contributed by atoms with E-state index in [1.165, 1.54) is 6.20 Å². The van der Waals surface area contributed by atoms with Gasteiger partial charge in [-0.15, -0.1) is 0 Å². The summed E-state index contributed by atoms with van der Waals surface area (Å²) in [6.07, 6.45) is 4.80. The number of carboxylic acids is 1. The van der Waals surface area contributed by atoms with Gasteiger partial charge in [0.2, 0.25) is 0 Å². The normalized spacial score (nSPS) is 10.8. The van der Waals surface area contributed by atoms with Crippen LogP contribution in [0.2, 0.25) is 0 Å². The smallest absolute Gasteiger partial charge is 0.356 e. The number of nitrogens with zero attached hydrogens (tertiary/aromatic N) is 4. The van der Waals surface area contributed by atoms with Crippen molar-refractivity contribution < 1.29 is 9.90 Å². The molecule has 0 saturated carbocycles. The zero-order valence-electron chi connectivity index (χ0n) is 10.1. The number of aromatic nitrogens is 4. The molecule has 94 valence electrons. The molecule has 0 aliphatic rings. The fourth-order valence-corrected chi connectivity index (χ4v) is 1.90. The highest BCUT2D eigenvalue weighted by Crippen LogP contribution is 2.22. The number of imidazole rings is 1. The Morgan fingerprint density at radius 1 is 1.32 bits per heavy atom. The second-order valence-electron chi connectivity index (χ2n) is 4.06. The van der Waals surface area contributed by atoms with E-state index in [0.29, 0.717) is 22.7 Å². The molecule has 3 heterocycles. The van der Waals surface area contributed by atoms with Crippen molar-refractivity contribution in [2.45, 2.75) is 6.92 Å². The number of hydrogen-bond donors (Lipinski definition) is 1. The van der Waals surface area contributed by atoms with Crippen LogP contribution in [0.4, 0.5) is 0 Å². The van der Waals surface area contributed by atoms with Gasteiger partial charge in [-0.2, -0.15) is 0 Å². The van der Waals surface area contributed by atoms with E-state index in [1.807, 2.05) is 18.2 Å². The van der Waals surface area contributed by atoms with E-state index < -0.39 is 5.97 Å². The topological polar surface area (TPSA) is 80.4 Å². The Kier molecular flexibility index (Phi) is 2.49. The quantitative estimate of drug-likeness (QED) is 0.754. The molecule has 6 heteroatoms. The number of hydrogen-bond acceptors (Lipinski definition) is 4. The van der Waals surface area contributed by atoms with Crippen molar-refractivity contribution in [1.82, 2.24) is 19.4 Å². The lowest BCUT2D eigenvalue weighted by molar-refractivity contribution is 0.0691. The summed E-state index contributed by atoms with van der Waals surface area (Å²) in [4.78, 5) is 23.6. The van der Waals surface area contributed by atoms with Crippen LogP contribution in [0.3, 0.4) is 0 Å². The first-order valence-corrected chi connectivity index (χ1v) is 5.66. The molecule has 0 fully saturated rings. The second-order valence-corrected chi connectivity index (χ2v) is 4.06. The first-order valence-electron chi connectivity index (χ1n) is 5.66. The van der Waals surface area contributed by atoms with Gasteiger partial charge in [0.15, 0.2) is 5.69 Å². The van der Waals surface area contributed by atoms with Gasteiger partial charge >= 0.3 is 5.97 Å². The first kappa shape index (κ1) is 11.3. The maximum Gasteiger partial charge on any atom is 0.356 e. The molecule has 0 aromatic carbocycles. The Morgan fingerprint density at radius 2 is 2.16 bits per heavy atom. The Hall–Kier alpha value is -2.76. The monoisotopic (exact) mass is 254 g/mol. The van der Waals surface area contributed by atoms with Crippen molar-refractivity contribution >= 4 is 11.6 Å². The van der Waals surface area contributed by atoms with Crippen LogP contribution in [0.25, 0.3) is 16.9 Å². The molecule has 3 aromatic heterocycles. The largest absolute Gasteiger partial charge is 0.476 e. The molecule has 0 saturated heterocycles. The summed E-state index contributed by atoms with van der Waals surface area (Å²) in [5.74, 6) is -0.384. The summed E-state index contributed by atoms with van der Waals surface area (Å²) >= 11 is 0. The molecule has 1 N–H and O–H groups in total. The van der Waals surface area contributed by atoms with Gasteiger partial charge in [-0.3, -0.25) is 9.38 Å². The molecular weight excluding hydrogens is 244 g/mol. The van der Waals surface area contributed by atoms with Crippen LogP contribution in [-0.2, 0) is 0 Å². The van der Waals surface area contributed by atoms with Crippen LogP contribution in [0, 0.1) is 6.92 Å². The summed E-state index contributed by atoms with van der Waals surface area (Å²) < 4.78 is 1.66. The van der Waals surface area contributed by atoms with Crippen molar-refractivity contribution in [2.24, 2.45) is 0 Å². The van der Waals surface area contributed by atoms with E-state index in [0.717, 1.165) is 0 Å². The minimum Gasteiger partial charge on any atom is -0.476 e. The molecule has 0 bridgehead atoms. The molecule has 3 aromatic rings. The Morgan fingerprint density at radius 3 is 2.84 bits per heavy atom. The number of carboxylic acid groups (broad SMARTS) is 1. The van der Waals surface area contributed by atoms with Crippen LogP contribution in [-0.4, -0.2) is 30.4 Å². The van der Waals surface area contributed by atoms with E-state index in [-0.39, 0.29) is 5.69 Å². The number of fused-ring (bicyclic) bond motifs is 1. The van der Waals surface area contributed by atoms with Gasteiger partial charge in [-0.25, -0.2) is 14.8 Å². The molecule has 0 aliphatic heterocycles. The summed E-state index contributed by atoms with van der Waals surface area (Å²) in [6, 6.07) is 5.51. The zero-order chi connectivity index (χ0) is 13.4. The summed E-state index contributed by atoms with van der Waals surface area (Å²) in [6.45, 7) is 1.79. The highest BCUT2D eigenvalue weighted by Gasteiger charge is 2.14. The number of carbonyl (C=O) groups is 1. The Balaban J connectivity index is 2.32.